The molecule has 2 N–H and O–H groups in total. The summed E-state index contributed by atoms with van der Waals surface area (Å²) in [6.07, 6.45) is 10.6. The Balaban J connectivity index is 1.96. The van der Waals surface area contributed by atoms with E-state index in [9.17, 15) is 0 Å². The Labute approximate surface area is 125 Å². The molecule has 2 aliphatic rings. The van der Waals surface area contributed by atoms with Crippen molar-refractivity contribution in [3.05, 3.63) is 0 Å². The van der Waals surface area contributed by atoms with Crippen molar-refractivity contribution >= 4 is 0 Å². The molecule has 2 aliphatic carbocycles. The van der Waals surface area contributed by atoms with Crippen LogP contribution in [0.25, 0.3) is 0 Å². The van der Waals surface area contributed by atoms with Crippen LogP contribution in [-0.4, -0.2) is 49.3 Å². The molecule has 0 spiro atoms. The fourth-order valence-corrected chi connectivity index (χ4v) is 3.99. The maximum atomic E-state index is 9.16. The van der Waals surface area contributed by atoms with Gasteiger partial charge in [0.25, 0.3) is 0 Å². The maximum Gasteiger partial charge on any atom is 0.0443 e. The predicted molar refractivity (Wildman–Crippen MR) is 84.9 cm³/mol. The van der Waals surface area contributed by atoms with Crippen molar-refractivity contribution in [3.63, 3.8) is 0 Å². The second kappa shape index (κ2) is 7.77. The molecule has 0 heterocycles. The van der Waals surface area contributed by atoms with Gasteiger partial charge in [-0.1, -0.05) is 26.2 Å². The monoisotopic (exact) mass is 282 g/mol. The first kappa shape index (κ1) is 16.3. The molecule has 0 aromatic heterocycles. The van der Waals surface area contributed by atoms with E-state index in [0.29, 0.717) is 12.0 Å². The van der Waals surface area contributed by atoms with Crippen LogP contribution in [0.15, 0.2) is 0 Å². The number of nitrogens with one attached hydrogen (secondary N) is 1. The topological polar surface area (TPSA) is 35.5 Å². The van der Waals surface area contributed by atoms with E-state index in [4.69, 9.17) is 5.11 Å². The molecule has 0 amide bonds. The summed E-state index contributed by atoms with van der Waals surface area (Å²) in [5.74, 6) is 0.912. The molecule has 3 nitrogen and oxygen atoms in total. The van der Waals surface area contributed by atoms with Gasteiger partial charge in [-0.2, -0.15) is 0 Å². The largest absolute Gasteiger partial charge is 0.396 e. The van der Waals surface area contributed by atoms with Gasteiger partial charge in [0, 0.05) is 32.3 Å². The van der Waals surface area contributed by atoms with E-state index in [0.717, 1.165) is 31.5 Å². The fraction of sp³-hybridized carbons (Fsp3) is 1.00. The molecule has 118 valence electrons. The molecule has 2 rings (SSSR count). The molecule has 0 bridgehead atoms. The minimum Gasteiger partial charge on any atom is -0.396 e. The summed E-state index contributed by atoms with van der Waals surface area (Å²) < 4.78 is 0. The molecule has 0 unspecified atom stereocenters. The van der Waals surface area contributed by atoms with E-state index in [2.05, 4.69) is 24.2 Å². The zero-order chi connectivity index (χ0) is 14.4. The Bertz CT molecular complexity index is 270. The zero-order valence-electron chi connectivity index (χ0n) is 13.5. The van der Waals surface area contributed by atoms with E-state index in [1.54, 1.807) is 0 Å². The van der Waals surface area contributed by atoms with Crippen LogP contribution in [0.5, 0.6) is 0 Å². The van der Waals surface area contributed by atoms with Gasteiger partial charge in [0.05, 0.1) is 0 Å². The molecule has 0 aromatic carbocycles. The van der Waals surface area contributed by atoms with Crippen molar-refractivity contribution in [2.24, 2.45) is 11.3 Å². The third kappa shape index (κ3) is 4.19. The maximum absolute atomic E-state index is 9.16. The summed E-state index contributed by atoms with van der Waals surface area (Å²) in [5.41, 5.74) is 0.478. The van der Waals surface area contributed by atoms with Crippen molar-refractivity contribution in [2.45, 2.75) is 64.3 Å². The number of hydrogen-bond donors (Lipinski definition) is 2. The molecule has 2 fully saturated rings. The molecule has 3 heteroatoms. The zero-order valence-corrected chi connectivity index (χ0v) is 13.5. The van der Waals surface area contributed by atoms with Crippen LogP contribution in [0.4, 0.5) is 0 Å². The quantitative estimate of drug-likeness (QED) is 0.718. The van der Waals surface area contributed by atoms with Gasteiger partial charge in [0.15, 0.2) is 0 Å². The van der Waals surface area contributed by atoms with Crippen molar-refractivity contribution in [1.29, 1.82) is 0 Å². The Morgan fingerprint density at radius 2 is 1.90 bits per heavy atom. The first-order valence-corrected chi connectivity index (χ1v) is 8.68. The SMILES string of the molecule is CNCC1(CN(CCCO)C2CCC2)CCC(C)CC1. The van der Waals surface area contributed by atoms with Gasteiger partial charge in [0.1, 0.15) is 0 Å². The summed E-state index contributed by atoms with van der Waals surface area (Å²) in [4.78, 5) is 2.70. The predicted octanol–water partition coefficient (Wildman–Crippen LogP) is 2.64. The number of rotatable bonds is 8. The Morgan fingerprint density at radius 1 is 1.20 bits per heavy atom. The molecular weight excluding hydrogens is 248 g/mol. The summed E-state index contributed by atoms with van der Waals surface area (Å²) in [6, 6.07) is 0.801. The smallest absolute Gasteiger partial charge is 0.0443 e. The average Bonchev–Trinajstić information content (AvgIpc) is 2.38. The fourth-order valence-electron chi connectivity index (χ4n) is 3.99. The molecule has 0 saturated heterocycles. The Kier molecular flexibility index (Phi) is 6.31. The highest BCUT2D eigenvalue weighted by Gasteiger charge is 2.37. The first-order valence-electron chi connectivity index (χ1n) is 8.68. The minimum atomic E-state index is 0.333. The number of nitrogens with zero attached hydrogens (tertiary/aromatic N) is 1. The van der Waals surface area contributed by atoms with Crippen molar-refractivity contribution < 1.29 is 5.11 Å². The molecular formula is C17H34N2O. The second-order valence-corrected chi connectivity index (χ2v) is 7.35. The molecule has 2 saturated carbocycles. The molecule has 0 aliphatic heterocycles. The summed E-state index contributed by atoms with van der Waals surface area (Å²) >= 11 is 0. The van der Waals surface area contributed by atoms with Crippen molar-refractivity contribution in [3.8, 4) is 0 Å². The summed E-state index contributed by atoms with van der Waals surface area (Å²) in [5, 5.41) is 12.6. The molecule has 0 atom stereocenters. The lowest BCUT2D eigenvalue weighted by atomic mass is 9.70. The van der Waals surface area contributed by atoms with Gasteiger partial charge in [-0.15, -0.1) is 0 Å². The van der Waals surface area contributed by atoms with E-state index in [1.807, 2.05) is 0 Å². The van der Waals surface area contributed by atoms with E-state index in [-0.39, 0.29) is 0 Å². The van der Waals surface area contributed by atoms with Gasteiger partial charge in [-0.25, -0.2) is 0 Å². The van der Waals surface area contributed by atoms with Gasteiger partial charge >= 0.3 is 0 Å². The van der Waals surface area contributed by atoms with Crippen LogP contribution in [-0.2, 0) is 0 Å². The standard InChI is InChI=1S/C17H34N2O/c1-15-7-9-17(10-8-15,13-18-2)14-19(11-4-12-20)16-5-3-6-16/h15-16,18,20H,3-14H2,1-2H3. The van der Waals surface area contributed by atoms with Crippen LogP contribution in [0.1, 0.15) is 58.3 Å². The lowest BCUT2D eigenvalue weighted by molar-refractivity contribution is 0.0356. The third-order valence-corrected chi connectivity index (χ3v) is 5.62. The highest BCUT2D eigenvalue weighted by molar-refractivity contribution is 4.92. The molecule has 0 aromatic rings. The Hall–Kier alpha value is -0.120. The second-order valence-electron chi connectivity index (χ2n) is 7.35. The average molecular weight is 282 g/mol. The summed E-state index contributed by atoms with van der Waals surface area (Å²) in [7, 11) is 2.10. The number of aliphatic hydroxyl groups excluding tert-OH is 1. The van der Waals surface area contributed by atoms with Crippen molar-refractivity contribution in [1.82, 2.24) is 10.2 Å². The van der Waals surface area contributed by atoms with Crippen LogP contribution in [0.3, 0.4) is 0 Å². The highest BCUT2D eigenvalue weighted by Crippen LogP contribution is 2.40. The molecule has 0 radical (unpaired) electrons. The Morgan fingerprint density at radius 3 is 2.40 bits per heavy atom. The lowest BCUT2D eigenvalue weighted by Crippen LogP contribution is -2.50. The molecule has 20 heavy (non-hydrogen) atoms. The van der Waals surface area contributed by atoms with E-state index < -0.39 is 0 Å². The number of aliphatic hydroxyl groups is 1. The lowest BCUT2D eigenvalue weighted by Gasteiger charge is -2.47. The normalized spacial score (nSPS) is 31.5. The van der Waals surface area contributed by atoms with Gasteiger partial charge in [0.2, 0.25) is 0 Å². The van der Waals surface area contributed by atoms with Gasteiger partial charge in [-0.05, 0) is 50.5 Å². The first-order chi connectivity index (χ1) is 9.69. The van der Waals surface area contributed by atoms with E-state index >= 15 is 0 Å². The van der Waals surface area contributed by atoms with Crippen LogP contribution >= 0.6 is 0 Å². The van der Waals surface area contributed by atoms with Crippen LogP contribution in [0, 0.1) is 11.3 Å². The van der Waals surface area contributed by atoms with Gasteiger partial charge in [-0.3, -0.25) is 4.90 Å². The summed E-state index contributed by atoms with van der Waals surface area (Å²) in [6.45, 7) is 6.22. The van der Waals surface area contributed by atoms with Crippen LogP contribution in [0.2, 0.25) is 0 Å². The highest BCUT2D eigenvalue weighted by atomic mass is 16.3. The van der Waals surface area contributed by atoms with Crippen LogP contribution < -0.4 is 5.32 Å². The number of hydrogen-bond acceptors (Lipinski definition) is 3. The van der Waals surface area contributed by atoms with Gasteiger partial charge < -0.3 is 10.4 Å². The minimum absolute atomic E-state index is 0.333. The third-order valence-electron chi connectivity index (χ3n) is 5.62. The van der Waals surface area contributed by atoms with E-state index in [1.165, 1.54) is 51.5 Å². The van der Waals surface area contributed by atoms with Crippen molar-refractivity contribution in [2.75, 3.05) is 33.3 Å².